The summed E-state index contributed by atoms with van der Waals surface area (Å²) in [5.41, 5.74) is 1.98. The molecule has 72 valence electrons. The summed E-state index contributed by atoms with van der Waals surface area (Å²) in [5.74, 6) is -1.10. The van der Waals surface area contributed by atoms with E-state index in [1.54, 1.807) is 0 Å². The molecule has 0 radical (unpaired) electrons. The summed E-state index contributed by atoms with van der Waals surface area (Å²) in [7, 11) is 0. The summed E-state index contributed by atoms with van der Waals surface area (Å²) in [6.07, 6.45) is 0. The van der Waals surface area contributed by atoms with Crippen molar-refractivity contribution in [2.24, 2.45) is 0 Å². The van der Waals surface area contributed by atoms with Gasteiger partial charge in [0.15, 0.2) is 0 Å². The van der Waals surface area contributed by atoms with Gasteiger partial charge in [-0.2, -0.15) is 15.0 Å². The average molecular weight is 211 g/mol. The van der Waals surface area contributed by atoms with Gasteiger partial charge in [-0.05, 0) is 32.2 Å². The van der Waals surface area contributed by atoms with Crippen LogP contribution in [0, 0.1) is 0 Å². The molecule has 0 atom stereocenters. The van der Waals surface area contributed by atoms with Crippen LogP contribution in [-0.2, 0) is 0 Å². The Kier molecular flexibility index (Phi) is 0.830. The van der Waals surface area contributed by atoms with Crippen LogP contribution in [0.4, 0.5) is 11.9 Å². The van der Waals surface area contributed by atoms with Crippen molar-refractivity contribution in [1.82, 2.24) is 15.0 Å². The first-order valence-corrected chi connectivity index (χ1v) is 3.45. The van der Waals surface area contributed by atoms with Gasteiger partial charge in [-0.3, -0.25) is 0 Å². The maximum absolute atomic E-state index is 7.42. The molecule has 0 aliphatic rings. The molecule has 0 fully saturated rings. The molecule has 0 bridgehead atoms. The third kappa shape index (κ3) is 3.42. The van der Waals surface area contributed by atoms with Gasteiger partial charge in [0.2, 0.25) is 17.2 Å². The highest BCUT2D eigenvalue weighted by atomic mass is 35.5. The van der Waals surface area contributed by atoms with Crippen LogP contribution in [0.15, 0.2) is 0 Å². The molecule has 0 aromatic carbocycles. The fourth-order valence-corrected chi connectivity index (χ4v) is 0.756. The Morgan fingerprint density at radius 3 is 2.62 bits per heavy atom. The molecular formula is C7H12ClN5. The SMILES string of the molecule is [2H]C([2H])([2H])C(Nc1nc(N)nc(Cl)n1)(C([2H])([2H])[2H])C([2H])([2H])[2H]. The third-order valence-electron chi connectivity index (χ3n) is 0.925. The van der Waals surface area contributed by atoms with Gasteiger partial charge in [0, 0.05) is 17.9 Å². The Morgan fingerprint density at radius 2 is 2.08 bits per heavy atom. The number of nitrogen functional groups attached to an aromatic ring is 1. The Balaban J connectivity index is 3.57. The van der Waals surface area contributed by atoms with Crippen LogP contribution in [0.25, 0.3) is 0 Å². The number of nitrogens with two attached hydrogens (primary N) is 1. The molecule has 1 aromatic heterocycles. The zero-order chi connectivity index (χ0) is 17.6. The molecule has 1 heterocycles. The fraction of sp³-hybridized carbons (Fsp3) is 0.571. The van der Waals surface area contributed by atoms with E-state index in [9.17, 15) is 0 Å². The van der Waals surface area contributed by atoms with Crippen molar-refractivity contribution in [3.8, 4) is 0 Å². The first kappa shape index (κ1) is 3.24. The maximum atomic E-state index is 7.42. The first-order chi connectivity index (χ1) is 9.62. The molecule has 5 nitrogen and oxygen atoms in total. The van der Waals surface area contributed by atoms with E-state index >= 15 is 0 Å². The van der Waals surface area contributed by atoms with Crippen LogP contribution in [0.1, 0.15) is 32.9 Å². The molecule has 1 rings (SSSR count). The average Bonchev–Trinajstić information content (AvgIpc) is 2.18. The van der Waals surface area contributed by atoms with E-state index in [0.717, 1.165) is 0 Å². The van der Waals surface area contributed by atoms with Crippen molar-refractivity contribution in [3.05, 3.63) is 5.28 Å². The molecule has 13 heavy (non-hydrogen) atoms. The lowest BCUT2D eigenvalue weighted by Gasteiger charge is -2.20. The molecular weight excluding hydrogens is 190 g/mol. The minimum Gasteiger partial charge on any atom is -0.368 e. The summed E-state index contributed by atoms with van der Waals surface area (Å²) in [6.45, 7) is -10.3. The van der Waals surface area contributed by atoms with Gasteiger partial charge >= 0.3 is 0 Å². The number of nitrogens with one attached hydrogen (secondary N) is 1. The molecule has 6 heteroatoms. The summed E-state index contributed by atoms with van der Waals surface area (Å²) >= 11 is 5.52. The first-order valence-electron chi connectivity index (χ1n) is 7.57. The number of nitrogens with zero attached hydrogens (tertiary/aromatic N) is 3. The van der Waals surface area contributed by atoms with Crippen LogP contribution >= 0.6 is 11.6 Å². The van der Waals surface area contributed by atoms with Gasteiger partial charge in [0.1, 0.15) is 0 Å². The van der Waals surface area contributed by atoms with Crippen LogP contribution in [0.2, 0.25) is 5.28 Å². The van der Waals surface area contributed by atoms with E-state index in [1.165, 1.54) is 0 Å². The maximum Gasteiger partial charge on any atom is 0.229 e. The minimum absolute atomic E-state index is 0.432. The summed E-state index contributed by atoms with van der Waals surface area (Å²) in [5, 5.41) is 1.43. The molecule has 0 saturated carbocycles. The minimum atomic E-state index is -3.45. The monoisotopic (exact) mass is 210 g/mol. The van der Waals surface area contributed by atoms with Gasteiger partial charge in [0.25, 0.3) is 0 Å². The number of hydrogen-bond acceptors (Lipinski definition) is 5. The Labute approximate surface area is 94.4 Å². The van der Waals surface area contributed by atoms with Crippen molar-refractivity contribution in [1.29, 1.82) is 0 Å². The molecule has 0 unspecified atom stereocenters. The predicted molar refractivity (Wildman–Crippen MR) is 52.6 cm³/mol. The highest BCUT2D eigenvalue weighted by Crippen LogP contribution is 2.12. The standard InChI is InChI=1S/C7H12ClN5/c1-7(2,3)13-6-11-4(8)10-5(9)12-6/h1-3H3,(H3,9,10,11,12,13)/i1D3,2D3,3D3. The summed E-state index contributed by atoms with van der Waals surface area (Å²) in [4.78, 5) is 10.3. The van der Waals surface area contributed by atoms with Gasteiger partial charge < -0.3 is 11.1 Å². The Morgan fingerprint density at radius 1 is 1.38 bits per heavy atom. The second kappa shape index (κ2) is 3.33. The van der Waals surface area contributed by atoms with E-state index in [1.807, 2.05) is 5.32 Å². The van der Waals surface area contributed by atoms with Gasteiger partial charge in [-0.25, -0.2) is 0 Å². The predicted octanol–water partition coefficient (Wildman–Crippen LogP) is 1.32. The van der Waals surface area contributed by atoms with Crippen molar-refractivity contribution in [3.63, 3.8) is 0 Å². The van der Waals surface area contributed by atoms with Crippen molar-refractivity contribution in [2.75, 3.05) is 11.1 Å². The summed E-state index contributed by atoms with van der Waals surface area (Å²) in [6, 6.07) is 0. The highest BCUT2D eigenvalue weighted by molar-refractivity contribution is 6.28. The molecule has 0 aliphatic carbocycles. The van der Waals surface area contributed by atoms with Crippen LogP contribution in [0.3, 0.4) is 0 Å². The van der Waals surface area contributed by atoms with Gasteiger partial charge in [-0.15, -0.1) is 0 Å². The number of rotatable bonds is 1. The Bertz CT molecular complexity index is 494. The number of anilines is 2. The number of hydrogen-bond donors (Lipinski definition) is 2. The zero-order valence-corrected chi connectivity index (χ0v) is 7.05. The number of aromatic nitrogens is 3. The third-order valence-corrected chi connectivity index (χ3v) is 1.09. The van der Waals surface area contributed by atoms with E-state index < -0.39 is 43.3 Å². The zero-order valence-electron chi connectivity index (χ0n) is 15.3. The van der Waals surface area contributed by atoms with E-state index in [-0.39, 0.29) is 0 Å². The largest absolute Gasteiger partial charge is 0.368 e. The van der Waals surface area contributed by atoms with Crippen molar-refractivity contribution < 1.29 is 12.3 Å². The number of halogens is 1. The molecule has 0 spiro atoms. The van der Waals surface area contributed by atoms with Crippen molar-refractivity contribution in [2.45, 2.75) is 26.1 Å². The molecule has 1 aromatic rings. The van der Waals surface area contributed by atoms with E-state index in [4.69, 9.17) is 29.7 Å². The lowest BCUT2D eigenvalue weighted by Crippen LogP contribution is -2.27. The Hall–Kier alpha value is -1.10. The molecule has 0 aliphatic heterocycles. The second-order valence-corrected chi connectivity index (χ2v) is 2.50. The van der Waals surface area contributed by atoms with Crippen LogP contribution in [-0.4, -0.2) is 20.5 Å². The molecule has 3 N–H and O–H groups in total. The van der Waals surface area contributed by atoms with E-state index in [0.29, 0.717) is 0 Å². The molecule has 0 amide bonds. The molecule has 0 saturated heterocycles. The lowest BCUT2D eigenvalue weighted by molar-refractivity contribution is 0.625. The second-order valence-electron chi connectivity index (χ2n) is 2.16. The lowest BCUT2D eigenvalue weighted by atomic mass is 10.1. The van der Waals surface area contributed by atoms with Crippen LogP contribution < -0.4 is 11.1 Å². The summed E-state index contributed by atoms with van der Waals surface area (Å²) < 4.78 is 66.8. The van der Waals surface area contributed by atoms with E-state index in [2.05, 4.69) is 15.0 Å². The smallest absolute Gasteiger partial charge is 0.229 e. The van der Waals surface area contributed by atoms with Crippen LogP contribution in [0.5, 0.6) is 0 Å². The quantitative estimate of drug-likeness (QED) is 0.731. The normalized spacial score (nSPS) is 24.5. The van der Waals surface area contributed by atoms with Crippen molar-refractivity contribution >= 4 is 23.5 Å². The van der Waals surface area contributed by atoms with Gasteiger partial charge in [-0.1, -0.05) is 0 Å². The topological polar surface area (TPSA) is 76.7 Å². The fourth-order valence-electron chi connectivity index (χ4n) is 0.589. The van der Waals surface area contributed by atoms with Gasteiger partial charge in [0.05, 0.1) is 0 Å². The highest BCUT2D eigenvalue weighted by Gasteiger charge is 2.12.